The molecular formula is C17H22ClN3O5S. The number of amides is 1. The molecular weight excluding hydrogens is 394 g/mol. The molecule has 148 valence electrons. The summed E-state index contributed by atoms with van der Waals surface area (Å²) in [6.45, 7) is 3.24. The van der Waals surface area contributed by atoms with Crippen LogP contribution in [-0.4, -0.2) is 53.7 Å². The number of nitrogens with one attached hydrogen (secondary N) is 1. The molecule has 1 aromatic heterocycles. The van der Waals surface area contributed by atoms with E-state index in [0.717, 1.165) is 12.8 Å². The predicted octanol–water partition coefficient (Wildman–Crippen LogP) is 1.43. The van der Waals surface area contributed by atoms with Gasteiger partial charge in [0.25, 0.3) is 5.91 Å². The van der Waals surface area contributed by atoms with E-state index in [2.05, 4.69) is 10.4 Å². The summed E-state index contributed by atoms with van der Waals surface area (Å²) in [6.07, 6.45) is 4.14. The van der Waals surface area contributed by atoms with Crippen LogP contribution in [0.25, 0.3) is 6.08 Å². The molecule has 1 aromatic rings. The van der Waals surface area contributed by atoms with Gasteiger partial charge in [-0.1, -0.05) is 11.6 Å². The maximum Gasteiger partial charge on any atom is 0.331 e. The molecule has 0 unspecified atom stereocenters. The Kier molecular flexibility index (Phi) is 5.62. The monoisotopic (exact) mass is 415 g/mol. The molecule has 2 atom stereocenters. The lowest BCUT2D eigenvalue weighted by atomic mass is 10.2. The van der Waals surface area contributed by atoms with Crippen molar-refractivity contribution in [2.45, 2.75) is 51.3 Å². The normalized spacial score (nSPS) is 22.7. The van der Waals surface area contributed by atoms with E-state index < -0.39 is 21.9 Å². The van der Waals surface area contributed by atoms with Gasteiger partial charge < -0.3 is 10.1 Å². The van der Waals surface area contributed by atoms with Crippen LogP contribution in [-0.2, 0) is 24.2 Å². The van der Waals surface area contributed by atoms with Crippen LogP contribution in [0.2, 0.25) is 5.15 Å². The molecule has 2 aliphatic rings. The second-order valence-electron chi connectivity index (χ2n) is 6.99. The number of aromatic nitrogens is 2. The van der Waals surface area contributed by atoms with Gasteiger partial charge in [0.05, 0.1) is 23.2 Å². The summed E-state index contributed by atoms with van der Waals surface area (Å²) in [5.74, 6) is -0.860. The van der Waals surface area contributed by atoms with E-state index in [1.54, 1.807) is 6.92 Å². The number of nitrogens with zero attached hydrogens (tertiary/aromatic N) is 2. The largest absolute Gasteiger partial charge is 0.449 e. The van der Waals surface area contributed by atoms with E-state index in [9.17, 15) is 18.0 Å². The van der Waals surface area contributed by atoms with Crippen LogP contribution in [0.4, 0.5) is 0 Å². The molecule has 27 heavy (non-hydrogen) atoms. The summed E-state index contributed by atoms with van der Waals surface area (Å²) in [6, 6.07) is -0.109. The topological polar surface area (TPSA) is 107 Å². The van der Waals surface area contributed by atoms with Crippen molar-refractivity contribution in [2.24, 2.45) is 0 Å². The highest BCUT2D eigenvalue weighted by Gasteiger charge is 2.32. The number of carbonyl (C=O) groups excluding carboxylic acids is 2. The van der Waals surface area contributed by atoms with Crippen LogP contribution < -0.4 is 5.32 Å². The van der Waals surface area contributed by atoms with Gasteiger partial charge in [0.2, 0.25) is 0 Å². The Bertz CT molecular complexity index is 889. The van der Waals surface area contributed by atoms with E-state index in [1.165, 1.54) is 23.8 Å². The first kappa shape index (κ1) is 19.9. The van der Waals surface area contributed by atoms with Gasteiger partial charge in [-0.2, -0.15) is 5.10 Å². The molecule has 8 nitrogen and oxygen atoms in total. The van der Waals surface area contributed by atoms with Crippen LogP contribution in [0, 0.1) is 6.92 Å². The first-order valence-electron chi connectivity index (χ1n) is 8.80. The third-order valence-corrected chi connectivity index (χ3v) is 6.72. The molecule has 1 aliphatic heterocycles. The number of halogens is 1. The number of rotatable bonds is 6. The number of hydrogen-bond donors (Lipinski definition) is 1. The predicted molar refractivity (Wildman–Crippen MR) is 100 cm³/mol. The molecule has 1 aliphatic carbocycles. The third kappa shape index (κ3) is 4.90. The molecule has 0 aromatic carbocycles. The average Bonchev–Trinajstić information content (AvgIpc) is 3.26. The van der Waals surface area contributed by atoms with Crippen molar-refractivity contribution in [3.8, 4) is 0 Å². The zero-order chi connectivity index (χ0) is 19.8. The van der Waals surface area contributed by atoms with E-state index in [1.807, 2.05) is 0 Å². The van der Waals surface area contributed by atoms with E-state index in [0.29, 0.717) is 17.7 Å². The molecule has 0 radical (unpaired) electrons. The SMILES string of the molecule is Cc1nn([C@@H]2CCS(=O)(=O)C2)c(Cl)c1/C=C/C(=O)O[C@H](C)C(=O)NC1CC1. The summed E-state index contributed by atoms with van der Waals surface area (Å²) in [4.78, 5) is 23.8. The first-order valence-corrected chi connectivity index (χ1v) is 11.0. The van der Waals surface area contributed by atoms with Crippen molar-refractivity contribution < 1.29 is 22.7 Å². The second-order valence-corrected chi connectivity index (χ2v) is 9.57. The van der Waals surface area contributed by atoms with Crippen molar-refractivity contribution >= 4 is 39.4 Å². The van der Waals surface area contributed by atoms with E-state index in [-0.39, 0.29) is 34.6 Å². The van der Waals surface area contributed by atoms with Gasteiger partial charge in [0, 0.05) is 17.7 Å². The maximum atomic E-state index is 12.0. The average molecular weight is 416 g/mol. The number of aryl methyl sites for hydroxylation is 1. The van der Waals surface area contributed by atoms with E-state index in [4.69, 9.17) is 16.3 Å². The van der Waals surface area contributed by atoms with Crippen LogP contribution in [0.5, 0.6) is 0 Å². The Labute approximate surface area is 162 Å². The van der Waals surface area contributed by atoms with Gasteiger partial charge >= 0.3 is 5.97 Å². The summed E-state index contributed by atoms with van der Waals surface area (Å²) >= 11 is 6.34. The Morgan fingerprint density at radius 3 is 2.67 bits per heavy atom. The quantitative estimate of drug-likeness (QED) is 0.556. The van der Waals surface area contributed by atoms with Crippen LogP contribution in [0.15, 0.2) is 6.08 Å². The lowest BCUT2D eigenvalue weighted by Gasteiger charge is -2.11. The van der Waals surface area contributed by atoms with E-state index >= 15 is 0 Å². The second kappa shape index (κ2) is 7.63. The van der Waals surface area contributed by atoms with Crippen molar-refractivity contribution in [3.05, 3.63) is 22.5 Å². The Morgan fingerprint density at radius 2 is 2.07 bits per heavy atom. The molecule has 2 fully saturated rings. The highest BCUT2D eigenvalue weighted by molar-refractivity contribution is 7.91. The summed E-state index contributed by atoms with van der Waals surface area (Å²) in [7, 11) is -3.07. The van der Waals surface area contributed by atoms with Gasteiger partial charge in [-0.25, -0.2) is 17.9 Å². The Morgan fingerprint density at radius 1 is 1.37 bits per heavy atom. The molecule has 1 amide bonds. The Hall–Kier alpha value is -1.87. The highest BCUT2D eigenvalue weighted by atomic mass is 35.5. The van der Waals surface area contributed by atoms with Crippen molar-refractivity contribution in [2.75, 3.05) is 11.5 Å². The molecule has 1 saturated heterocycles. The summed E-state index contributed by atoms with van der Waals surface area (Å²) in [5, 5.41) is 7.36. The minimum Gasteiger partial charge on any atom is -0.449 e. The fourth-order valence-corrected chi connectivity index (χ4v) is 4.96. The molecule has 0 spiro atoms. The van der Waals surface area contributed by atoms with Crippen LogP contribution in [0.3, 0.4) is 0 Å². The van der Waals surface area contributed by atoms with Gasteiger partial charge in [0.15, 0.2) is 15.9 Å². The zero-order valence-electron chi connectivity index (χ0n) is 15.1. The van der Waals surface area contributed by atoms with Gasteiger partial charge in [0.1, 0.15) is 5.15 Å². The van der Waals surface area contributed by atoms with Gasteiger partial charge in [-0.05, 0) is 39.2 Å². The highest BCUT2D eigenvalue weighted by Crippen LogP contribution is 2.30. The minimum atomic E-state index is -3.07. The summed E-state index contributed by atoms with van der Waals surface area (Å²) < 4.78 is 29.9. The first-order chi connectivity index (χ1) is 12.7. The molecule has 10 heteroatoms. The molecule has 3 rings (SSSR count). The molecule has 0 bridgehead atoms. The maximum absolute atomic E-state index is 12.0. The van der Waals surface area contributed by atoms with Crippen molar-refractivity contribution in [1.82, 2.24) is 15.1 Å². The minimum absolute atomic E-state index is 0.00660. The van der Waals surface area contributed by atoms with Crippen LogP contribution >= 0.6 is 11.6 Å². The molecule has 1 N–H and O–H groups in total. The molecule has 1 saturated carbocycles. The fraction of sp³-hybridized carbons (Fsp3) is 0.588. The standard InChI is InChI=1S/C17H22ClN3O5S/c1-10-14(16(18)21(20-10)13-7-8-27(24,25)9-13)5-6-15(22)26-11(2)17(23)19-12-3-4-12/h5-6,11-13H,3-4,7-9H2,1-2H3,(H,19,23)/b6-5+/t11-,13-/m1/s1. The lowest BCUT2D eigenvalue weighted by Crippen LogP contribution is -2.36. The van der Waals surface area contributed by atoms with Gasteiger partial charge in [-0.15, -0.1) is 0 Å². The molecule has 2 heterocycles. The summed E-state index contributed by atoms with van der Waals surface area (Å²) in [5.41, 5.74) is 1.10. The van der Waals surface area contributed by atoms with Gasteiger partial charge in [-0.3, -0.25) is 4.79 Å². The van der Waals surface area contributed by atoms with Crippen molar-refractivity contribution in [3.63, 3.8) is 0 Å². The number of carbonyl (C=O) groups is 2. The third-order valence-electron chi connectivity index (χ3n) is 4.60. The number of ether oxygens (including phenoxy) is 1. The fourth-order valence-electron chi connectivity index (χ4n) is 2.90. The zero-order valence-corrected chi connectivity index (χ0v) is 16.7. The number of esters is 1. The van der Waals surface area contributed by atoms with Crippen LogP contribution in [0.1, 0.15) is 43.5 Å². The van der Waals surface area contributed by atoms with Crippen molar-refractivity contribution in [1.29, 1.82) is 0 Å². The smallest absolute Gasteiger partial charge is 0.331 e. The number of hydrogen-bond acceptors (Lipinski definition) is 6. The lowest BCUT2D eigenvalue weighted by molar-refractivity contribution is -0.150. The Balaban J connectivity index is 1.64. The number of sulfone groups is 1.